The molecular weight excluding hydrogens is 352 g/mol. The van der Waals surface area contributed by atoms with Crippen molar-refractivity contribution in [3.8, 4) is 0 Å². The molecule has 2 heterocycles. The molecule has 3 nitrogen and oxygen atoms in total. The predicted molar refractivity (Wildman–Crippen MR) is 91.0 cm³/mol. The van der Waals surface area contributed by atoms with Crippen LogP contribution in [0.25, 0.3) is 0 Å². The van der Waals surface area contributed by atoms with Crippen LogP contribution in [0.5, 0.6) is 0 Å². The van der Waals surface area contributed by atoms with Gasteiger partial charge >= 0.3 is 0 Å². The molecule has 0 bridgehead atoms. The molecule has 0 spiro atoms. The summed E-state index contributed by atoms with van der Waals surface area (Å²) in [4.78, 5) is 14.5. The molecule has 21 heavy (non-hydrogen) atoms. The normalized spacial score (nSPS) is 22.9. The molecule has 1 amide bonds. The molecule has 0 aliphatic carbocycles. The molecule has 1 N–H and O–H groups in total. The van der Waals surface area contributed by atoms with Crippen molar-refractivity contribution in [1.82, 2.24) is 10.2 Å². The van der Waals surface area contributed by atoms with Crippen molar-refractivity contribution in [2.45, 2.75) is 31.7 Å². The Kier molecular flexibility index (Phi) is 6.08. The van der Waals surface area contributed by atoms with Crippen molar-refractivity contribution >= 4 is 34.2 Å². The van der Waals surface area contributed by atoms with Crippen LogP contribution < -0.4 is 5.32 Å². The quantitative estimate of drug-likeness (QED) is 0.861. The standard InChI is InChI=1S/C16H21BrN2O.ClH/c17-14-5-2-1-4-13(14)16(20)19-10-7-12(8-11-19)15-6-3-9-18-15;/h1-2,4-5,12,15,18H,3,6-11H2;1H. The van der Waals surface area contributed by atoms with Gasteiger partial charge in [-0.1, -0.05) is 12.1 Å². The Balaban J connectivity index is 0.00000161. The average Bonchev–Trinajstić information content (AvgIpc) is 3.01. The van der Waals surface area contributed by atoms with Gasteiger partial charge < -0.3 is 10.2 Å². The summed E-state index contributed by atoms with van der Waals surface area (Å²) in [6.07, 6.45) is 4.88. The number of rotatable bonds is 2. The number of piperidine rings is 1. The van der Waals surface area contributed by atoms with Crippen molar-refractivity contribution in [1.29, 1.82) is 0 Å². The zero-order valence-electron chi connectivity index (χ0n) is 12.1. The highest BCUT2D eigenvalue weighted by Crippen LogP contribution is 2.27. The molecule has 0 radical (unpaired) electrons. The third kappa shape index (κ3) is 3.79. The highest BCUT2D eigenvalue weighted by atomic mass is 79.9. The summed E-state index contributed by atoms with van der Waals surface area (Å²) in [6, 6.07) is 8.39. The molecule has 2 aliphatic rings. The maximum Gasteiger partial charge on any atom is 0.254 e. The number of nitrogens with zero attached hydrogens (tertiary/aromatic N) is 1. The Bertz CT molecular complexity index is 483. The Hall–Kier alpha value is -0.580. The monoisotopic (exact) mass is 372 g/mol. The van der Waals surface area contributed by atoms with E-state index in [1.54, 1.807) is 0 Å². The predicted octanol–water partition coefficient (Wildman–Crippen LogP) is 3.48. The number of hydrogen-bond acceptors (Lipinski definition) is 2. The van der Waals surface area contributed by atoms with Gasteiger partial charge in [-0.15, -0.1) is 12.4 Å². The summed E-state index contributed by atoms with van der Waals surface area (Å²) >= 11 is 3.47. The average molecular weight is 374 g/mol. The van der Waals surface area contributed by atoms with E-state index in [1.165, 1.54) is 19.4 Å². The van der Waals surface area contributed by atoms with Gasteiger partial charge in [0.05, 0.1) is 5.56 Å². The lowest BCUT2D eigenvalue weighted by atomic mass is 9.88. The molecule has 2 saturated heterocycles. The van der Waals surface area contributed by atoms with Gasteiger partial charge in [0.2, 0.25) is 0 Å². The first-order valence-corrected chi connectivity index (χ1v) is 8.32. The van der Waals surface area contributed by atoms with Crippen LogP contribution in [0.15, 0.2) is 28.7 Å². The first kappa shape index (κ1) is 16.8. The highest BCUT2D eigenvalue weighted by Gasteiger charge is 2.30. The third-order valence-corrected chi connectivity index (χ3v) is 5.29. The lowest BCUT2D eigenvalue weighted by Crippen LogP contribution is -2.43. The van der Waals surface area contributed by atoms with Gasteiger partial charge in [-0.05, 0) is 66.2 Å². The van der Waals surface area contributed by atoms with Gasteiger partial charge in [-0.3, -0.25) is 4.79 Å². The van der Waals surface area contributed by atoms with Crippen LogP contribution in [-0.4, -0.2) is 36.5 Å². The number of amides is 1. The number of nitrogens with one attached hydrogen (secondary N) is 1. The largest absolute Gasteiger partial charge is 0.339 e. The van der Waals surface area contributed by atoms with E-state index in [2.05, 4.69) is 21.2 Å². The Morgan fingerprint density at radius 1 is 1.19 bits per heavy atom. The maximum atomic E-state index is 12.5. The molecular formula is C16H22BrClN2O. The van der Waals surface area contributed by atoms with Crippen LogP contribution in [-0.2, 0) is 0 Å². The summed E-state index contributed by atoms with van der Waals surface area (Å²) in [5, 5.41) is 3.60. The van der Waals surface area contributed by atoms with E-state index in [-0.39, 0.29) is 18.3 Å². The van der Waals surface area contributed by atoms with Gasteiger partial charge in [-0.2, -0.15) is 0 Å². The zero-order valence-corrected chi connectivity index (χ0v) is 14.5. The fourth-order valence-electron chi connectivity index (χ4n) is 3.42. The van der Waals surface area contributed by atoms with E-state index < -0.39 is 0 Å². The Morgan fingerprint density at radius 3 is 2.52 bits per heavy atom. The summed E-state index contributed by atoms with van der Waals surface area (Å²) in [6.45, 7) is 2.95. The van der Waals surface area contributed by atoms with Crippen LogP contribution in [0.3, 0.4) is 0 Å². The minimum atomic E-state index is 0. The van der Waals surface area contributed by atoms with Gasteiger partial charge in [0.15, 0.2) is 0 Å². The molecule has 1 aromatic rings. The lowest BCUT2D eigenvalue weighted by molar-refractivity contribution is 0.0673. The van der Waals surface area contributed by atoms with Crippen molar-refractivity contribution in [3.63, 3.8) is 0 Å². The van der Waals surface area contributed by atoms with E-state index in [0.717, 1.165) is 41.9 Å². The van der Waals surface area contributed by atoms with Gasteiger partial charge in [0.25, 0.3) is 5.91 Å². The molecule has 0 saturated carbocycles. The molecule has 1 atom stereocenters. The van der Waals surface area contributed by atoms with Gasteiger partial charge in [-0.25, -0.2) is 0 Å². The van der Waals surface area contributed by atoms with E-state index in [4.69, 9.17) is 0 Å². The van der Waals surface area contributed by atoms with Crippen LogP contribution in [0.1, 0.15) is 36.0 Å². The molecule has 5 heteroatoms. The molecule has 1 unspecified atom stereocenters. The summed E-state index contributed by atoms with van der Waals surface area (Å²) in [7, 11) is 0. The van der Waals surface area contributed by atoms with E-state index in [0.29, 0.717) is 6.04 Å². The SMILES string of the molecule is Cl.O=C(c1ccccc1Br)N1CCC(C2CCCN2)CC1. The van der Waals surface area contributed by atoms with Crippen molar-refractivity contribution in [2.75, 3.05) is 19.6 Å². The number of carbonyl (C=O) groups is 1. The fraction of sp³-hybridized carbons (Fsp3) is 0.562. The molecule has 2 fully saturated rings. The fourth-order valence-corrected chi connectivity index (χ4v) is 3.88. The van der Waals surface area contributed by atoms with Crippen molar-refractivity contribution in [3.05, 3.63) is 34.3 Å². The number of likely N-dealkylation sites (tertiary alicyclic amines) is 1. The molecule has 0 aromatic heterocycles. The zero-order chi connectivity index (χ0) is 13.9. The van der Waals surface area contributed by atoms with Crippen LogP contribution in [0.4, 0.5) is 0 Å². The molecule has 2 aliphatic heterocycles. The topological polar surface area (TPSA) is 32.3 Å². The molecule has 116 valence electrons. The second-order valence-electron chi connectivity index (χ2n) is 5.81. The minimum absolute atomic E-state index is 0. The maximum absolute atomic E-state index is 12.5. The molecule has 1 aromatic carbocycles. The summed E-state index contributed by atoms with van der Waals surface area (Å²) in [5.41, 5.74) is 0.782. The number of halogens is 2. The van der Waals surface area contributed by atoms with Crippen LogP contribution in [0, 0.1) is 5.92 Å². The summed E-state index contributed by atoms with van der Waals surface area (Å²) in [5.74, 6) is 0.913. The first-order valence-electron chi connectivity index (χ1n) is 7.53. The van der Waals surface area contributed by atoms with Crippen molar-refractivity contribution in [2.24, 2.45) is 5.92 Å². The van der Waals surface area contributed by atoms with Crippen molar-refractivity contribution < 1.29 is 4.79 Å². The van der Waals surface area contributed by atoms with E-state index in [9.17, 15) is 4.79 Å². The van der Waals surface area contributed by atoms with E-state index in [1.807, 2.05) is 29.2 Å². The number of benzene rings is 1. The third-order valence-electron chi connectivity index (χ3n) is 4.60. The number of carbonyl (C=O) groups excluding carboxylic acids is 1. The lowest BCUT2D eigenvalue weighted by Gasteiger charge is -2.35. The smallest absolute Gasteiger partial charge is 0.254 e. The van der Waals surface area contributed by atoms with Crippen LogP contribution >= 0.6 is 28.3 Å². The second-order valence-corrected chi connectivity index (χ2v) is 6.67. The van der Waals surface area contributed by atoms with Gasteiger partial charge in [0.1, 0.15) is 0 Å². The first-order chi connectivity index (χ1) is 9.75. The Labute approximate surface area is 141 Å². The molecule has 3 rings (SSSR count). The number of hydrogen-bond donors (Lipinski definition) is 1. The van der Waals surface area contributed by atoms with Gasteiger partial charge in [0, 0.05) is 23.6 Å². The minimum Gasteiger partial charge on any atom is -0.339 e. The highest BCUT2D eigenvalue weighted by molar-refractivity contribution is 9.10. The van der Waals surface area contributed by atoms with Crippen LogP contribution in [0.2, 0.25) is 0 Å². The second kappa shape index (κ2) is 7.61. The Morgan fingerprint density at radius 2 is 1.90 bits per heavy atom. The summed E-state index contributed by atoms with van der Waals surface area (Å²) < 4.78 is 0.893. The van der Waals surface area contributed by atoms with E-state index >= 15 is 0 Å².